The van der Waals surface area contributed by atoms with E-state index >= 15 is 0 Å². The fourth-order valence-electron chi connectivity index (χ4n) is 8.11. The molecule has 5 aliphatic heterocycles. The van der Waals surface area contributed by atoms with Crippen molar-refractivity contribution in [2.75, 3.05) is 140 Å². The number of urea groups is 1. The van der Waals surface area contributed by atoms with E-state index in [9.17, 15) is 22.1 Å². The number of carbonyl (C=O) groups excluding carboxylic acids is 1. The molecule has 0 spiro atoms. The molecule has 5 fully saturated rings. The van der Waals surface area contributed by atoms with Gasteiger partial charge in [0.15, 0.2) is 0 Å². The monoisotopic (exact) mass is 1400 g/mol. The van der Waals surface area contributed by atoms with E-state index in [0.29, 0.717) is 36.8 Å². The van der Waals surface area contributed by atoms with Crippen molar-refractivity contribution in [2.24, 2.45) is 0 Å². The summed E-state index contributed by atoms with van der Waals surface area (Å²) in [6, 6.07) is 21.3. The summed E-state index contributed by atoms with van der Waals surface area (Å²) in [5, 5.41) is 34.1. The molecule has 22 nitrogen and oxygen atoms in total. The largest absolute Gasteiger partial charge is 1.00 e. The summed E-state index contributed by atoms with van der Waals surface area (Å²) in [4.78, 5) is 28.0. The van der Waals surface area contributed by atoms with E-state index < -0.39 is 52.5 Å². The third-order valence-corrected chi connectivity index (χ3v) is 18.7. The van der Waals surface area contributed by atoms with E-state index in [1.54, 1.807) is 18.3 Å². The molecule has 3 aromatic carbocycles. The van der Waals surface area contributed by atoms with E-state index in [1.165, 1.54) is 62.8 Å². The standard InChI is InChI=1S/C31H37N5O3S.C5H12BNO2S.C5H12BNOS.C5H10OS.C4H9NS.C2H5B2O3.IO4.Na/c1-22-9-11-23(12-10-22)36-29(21-28(34-36)31(2,3)4)33-30(37)32-26-13-14-27(25-8-6-5-7-24(25)26)39-18-15-35-16-19-40(38)20-17-35;1-6(8)7-2-4-10(9)5-3-7;1-6(8)7-2-4-9-5-3-7;6-7-4-2-1-3-5-7;1-3-6-4-2-5-1;1-3-7-6-2-4-5;2-1(3,4)5;/h5-14,21H,15-20H2,1-4H3,(H2,32,33,37);8H,2-5H2,1H3;8H,2-5H2,1H3;1-5H2;5H,1-4H2;2H2,1H3;;/q;;;;;;-1;+1. The van der Waals surface area contributed by atoms with Gasteiger partial charge in [-0.2, -0.15) is 28.6 Å². The maximum Gasteiger partial charge on any atom is 1.00 e. The molecule has 4 aromatic rings. The zero-order valence-electron chi connectivity index (χ0n) is 50.6. The van der Waals surface area contributed by atoms with Crippen molar-refractivity contribution < 1.29 is 110 Å². The van der Waals surface area contributed by atoms with E-state index in [2.05, 4.69) is 56.1 Å². The minimum atomic E-state index is -5.94. The van der Waals surface area contributed by atoms with Crippen LogP contribution in [-0.4, -0.2) is 211 Å². The van der Waals surface area contributed by atoms with Crippen LogP contribution >= 0.6 is 23.5 Å². The molecule has 0 atom stereocenters. The van der Waals surface area contributed by atoms with Crippen LogP contribution in [0.25, 0.3) is 16.5 Å². The van der Waals surface area contributed by atoms with Crippen LogP contribution in [0.1, 0.15) is 51.3 Å². The molecule has 5 N–H and O–H groups in total. The van der Waals surface area contributed by atoms with Gasteiger partial charge in [0.25, 0.3) is 0 Å². The molecule has 1 radical (unpaired) electrons. The molecule has 9 rings (SSSR count). The number of aryl methyl sites for hydroxylation is 1. The predicted molar refractivity (Wildman–Crippen MR) is 336 cm³/mol. The van der Waals surface area contributed by atoms with E-state index in [4.69, 9.17) is 33.6 Å². The second kappa shape index (κ2) is 45.0. The third-order valence-electron chi connectivity index (χ3n) is 12.8. The first-order valence-corrected chi connectivity index (χ1v) is 38.3. The molecule has 467 valence electrons. The maximum absolute atomic E-state index is 13.3. The number of nitrogens with zero attached hydrogens (tertiary/aromatic N) is 5. The number of halogens is 1. The number of thioether (sulfide) groups is 2. The van der Waals surface area contributed by atoms with Gasteiger partial charge in [0.1, 0.15) is 38.3 Å². The number of ether oxygens (including phenoxy) is 1. The Labute approximate surface area is 550 Å². The van der Waals surface area contributed by atoms with Crippen molar-refractivity contribution in [3.05, 3.63) is 78.0 Å². The Morgan fingerprint density at radius 1 is 0.765 bits per heavy atom. The van der Waals surface area contributed by atoms with Crippen LogP contribution in [0.3, 0.4) is 0 Å². The fraction of sp³-hybridized carbons (Fsp3) is 0.615. The van der Waals surface area contributed by atoms with Crippen LogP contribution in [0.2, 0.25) is 20.5 Å². The number of nitrogens with one attached hydrogen (secondary N) is 3. The summed E-state index contributed by atoms with van der Waals surface area (Å²) in [7, 11) is -0.411. The van der Waals surface area contributed by atoms with Crippen LogP contribution in [0, 0.1) is 6.92 Å². The van der Waals surface area contributed by atoms with Crippen LogP contribution in [0.5, 0.6) is 5.75 Å². The molecule has 1 aromatic heterocycles. The Morgan fingerprint density at radius 3 is 1.76 bits per heavy atom. The van der Waals surface area contributed by atoms with Crippen LogP contribution < -0.4 is 84.1 Å². The first kappa shape index (κ1) is 79.8. The zero-order chi connectivity index (χ0) is 61.9. The normalized spacial score (nSPS) is 17.1. The van der Waals surface area contributed by atoms with E-state index in [-0.39, 0.29) is 61.6 Å². The Bertz CT molecular complexity index is 2530. The number of hydrogen-bond donors (Lipinski definition) is 5. The van der Waals surface area contributed by atoms with Crippen molar-refractivity contribution in [1.29, 1.82) is 0 Å². The minimum Gasteiger partial charge on any atom is -0.492 e. The Morgan fingerprint density at radius 2 is 1.29 bits per heavy atom. The Hall–Kier alpha value is -1.34. The number of aromatic nitrogens is 2. The molecule has 0 unspecified atom stereocenters. The predicted octanol–water partition coefficient (Wildman–Crippen LogP) is -4.87. The van der Waals surface area contributed by atoms with Crippen molar-refractivity contribution in [3.63, 3.8) is 0 Å². The molecule has 33 heteroatoms. The quantitative estimate of drug-likeness (QED) is 0.0276. The van der Waals surface area contributed by atoms with Gasteiger partial charge in [-0.1, -0.05) is 69.2 Å². The van der Waals surface area contributed by atoms with Crippen molar-refractivity contribution in [3.8, 4) is 11.4 Å². The summed E-state index contributed by atoms with van der Waals surface area (Å²) in [5.41, 5.74) is 3.43. The van der Waals surface area contributed by atoms with Gasteiger partial charge >= 0.3 is 92.0 Å². The average Bonchev–Trinajstić information content (AvgIpc) is 3.09. The van der Waals surface area contributed by atoms with Gasteiger partial charge in [-0.3, -0.25) is 36.6 Å². The average molecular weight is 1400 g/mol. The van der Waals surface area contributed by atoms with Crippen molar-refractivity contribution >= 4 is 113 Å². The van der Waals surface area contributed by atoms with Gasteiger partial charge in [0.05, 0.1) is 17.1 Å². The SMILES string of the molecule is C1CSCCN1.CB(O)N1CCS(=O)CC1.CB(O)N1CCSCC1.C[B]OOCB=O.Cc1ccc(-n2nc(C(C)(C)C)cc2NC(=O)Nc2ccc(OCCN3CCS(=O)CC3)c3ccccc23)cc1.O=S1CCCCC1.[Na+].[O-][I+3]([O-])([O-])[O-]. The van der Waals surface area contributed by atoms with E-state index in [1.807, 2.05) is 109 Å². The molecule has 0 bridgehead atoms. The zero-order valence-corrected chi connectivity index (χ0v) is 58.8. The molecule has 0 aliphatic carbocycles. The second-order valence-electron chi connectivity index (χ2n) is 20.4. The fourth-order valence-corrected chi connectivity index (χ4v) is 13.3. The maximum atomic E-state index is 13.3. The van der Waals surface area contributed by atoms with Crippen LogP contribution in [0.4, 0.5) is 16.3 Å². The minimum absolute atomic E-state index is 0. The van der Waals surface area contributed by atoms with Gasteiger partial charge in [0.2, 0.25) is 0 Å². The number of amides is 2. The Kier molecular flexibility index (Phi) is 42.2. The van der Waals surface area contributed by atoms with Crippen molar-refractivity contribution in [1.82, 2.24) is 29.6 Å². The summed E-state index contributed by atoms with van der Waals surface area (Å²) in [6.45, 7) is 22.6. The number of carbonyl (C=O) groups is 1. The molecule has 6 heterocycles. The molecule has 0 saturated carbocycles. The van der Waals surface area contributed by atoms with Gasteiger partial charge in [-0.15, -0.1) is 0 Å². The first-order valence-electron chi connectivity index (χ1n) is 28.0. The number of fused-ring (bicyclic) bond motifs is 1. The molecular formula is C52H85B4IN8NaO14S5. The molecule has 5 aliphatic rings. The summed E-state index contributed by atoms with van der Waals surface area (Å²) < 4.78 is 84.9. The molecule has 2 amide bonds. The second-order valence-corrected chi connectivity index (χ2v) is 30.1. The summed E-state index contributed by atoms with van der Waals surface area (Å²) in [6.07, 6.45) is 3.67. The smallest absolute Gasteiger partial charge is 0.492 e. The van der Waals surface area contributed by atoms with Gasteiger partial charge in [0, 0.05) is 158 Å². The van der Waals surface area contributed by atoms with Crippen molar-refractivity contribution in [2.45, 2.75) is 72.8 Å². The molecule has 85 heavy (non-hydrogen) atoms. The summed E-state index contributed by atoms with van der Waals surface area (Å²) >= 11 is -1.94. The van der Waals surface area contributed by atoms with Gasteiger partial charge < -0.3 is 35.0 Å². The number of benzene rings is 3. The Balaban J connectivity index is 0.000000436. The number of rotatable bonds is 13. The van der Waals surface area contributed by atoms with Crippen LogP contribution in [0.15, 0.2) is 66.7 Å². The van der Waals surface area contributed by atoms with Crippen LogP contribution in [-0.2, 0) is 52.2 Å². The third kappa shape index (κ3) is 35.7. The van der Waals surface area contributed by atoms with Gasteiger partial charge in [-0.05, 0) is 70.8 Å². The number of anilines is 2. The molecule has 5 saturated heterocycles. The number of hydrogen-bond acceptors (Lipinski definition) is 21. The molecular weight excluding hydrogens is 1310 g/mol. The topological polar surface area (TPSA) is 309 Å². The first-order chi connectivity index (χ1) is 40.0. The van der Waals surface area contributed by atoms with E-state index in [0.717, 1.165) is 102 Å². The van der Waals surface area contributed by atoms with Gasteiger partial charge in [-0.25, -0.2) is 9.48 Å². The summed E-state index contributed by atoms with van der Waals surface area (Å²) in [5.74, 6) is 11.1.